The summed E-state index contributed by atoms with van der Waals surface area (Å²) < 4.78 is 26.9. The fraction of sp³-hybridized carbons (Fsp3) is 0.278. The first-order valence-corrected chi connectivity index (χ1v) is 8.58. The Bertz CT molecular complexity index is 926. The molecule has 1 aliphatic heterocycles. The SMILES string of the molecule is C=CC1=Nc2c(cnn2C)C(=O)NCCOc2ccc(F)c(Cl)c2[C@@H](C)O1. The molecule has 27 heavy (non-hydrogen) atoms. The van der Waals surface area contributed by atoms with Gasteiger partial charge in [-0.2, -0.15) is 10.1 Å². The third kappa shape index (κ3) is 3.80. The highest BCUT2D eigenvalue weighted by atomic mass is 35.5. The topological polar surface area (TPSA) is 77.7 Å². The van der Waals surface area contributed by atoms with Crippen LogP contribution in [0.4, 0.5) is 10.2 Å². The zero-order valence-electron chi connectivity index (χ0n) is 14.8. The van der Waals surface area contributed by atoms with Gasteiger partial charge in [0.2, 0.25) is 5.90 Å². The van der Waals surface area contributed by atoms with E-state index in [2.05, 4.69) is 22.0 Å². The number of nitrogens with one attached hydrogen (secondary N) is 1. The van der Waals surface area contributed by atoms with Crippen LogP contribution in [0, 0.1) is 5.82 Å². The first-order valence-electron chi connectivity index (χ1n) is 8.21. The molecule has 1 atom stereocenters. The molecule has 0 aliphatic carbocycles. The number of rotatable bonds is 1. The number of amides is 1. The molecule has 3 rings (SSSR count). The van der Waals surface area contributed by atoms with Gasteiger partial charge in [-0.1, -0.05) is 18.2 Å². The zero-order valence-corrected chi connectivity index (χ0v) is 15.6. The molecule has 0 bridgehead atoms. The number of carbonyl (C=O) groups is 1. The number of aryl methyl sites for hydroxylation is 1. The van der Waals surface area contributed by atoms with E-state index in [-0.39, 0.29) is 35.5 Å². The van der Waals surface area contributed by atoms with Crippen molar-refractivity contribution in [2.45, 2.75) is 13.0 Å². The molecular weight excluding hydrogens is 375 g/mol. The van der Waals surface area contributed by atoms with Crippen LogP contribution >= 0.6 is 11.6 Å². The maximum atomic E-state index is 14.0. The predicted octanol–water partition coefficient (Wildman–Crippen LogP) is 3.33. The minimum absolute atomic E-state index is 0.0939. The Morgan fingerprint density at radius 3 is 3.00 bits per heavy atom. The van der Waals surface area contributed by atoms with Crippen LogP contribution in [0.1, 0.15) is 28.9 Å². The van der Waals surface area contributed by atoms with Crippen LogP contribution in [0.5, 0.6) is 5.75 Å². The van der Waals surface area contributed by atoms with Gasteiger partial charge in [0.1, 0.15) is 29.8 Å². The minimum atomic E-state index is -0.680. The van der Waals surface area contributed by atoms with Gasteiger partial charge in [-0.3, -0.25) is 9.48 Å². The summed E-state index contributed by atoms with van der Waals surface area (Å²) in [6.07, 6.45) is 2.12. The number of carbonyl (C=O) groups excluding carboxylic acids is 1. The molecule has 7 nitrogen and oxygen atoms in total. The molecule has 1 amide bonds. The van der Waals surface area contributed by atoms with Crippen LogP contribution in [0.2, 0.25) is 5.02 Å². The number of benzene rings is 1. The van der Waals surface area contributed by atoms with E-state index < -0.39 is 11.9 Å². The summed E-state index contributed by atoms with van der Waals surface area (Å²) in [6.45, 7) is 5.77. The van der Waals surface area contributed by atoms with E-state index in [0.29, 0.717) is 17.1 Å². The standard InChI is InChI=1S/C18H18ClFN4O3/c1-4-14-23-17-11(9-22-24(17)3)18(25)21-7-8-26-13-6-5-12(20)16(19)15(13)10(2)27-14/h4-6,9-10H,1,7-8H2,2-3H3,(H,21,25)/t10-/m1/s1. The highest BCUT2D eigenvalue weighted by Gasteiger charge is 2.23. The van der Waals surface area contributed by atoms with Crippen molar-refractivity contribution in [3.8, 4) is 5.75 Å². The molecule has 0 unspecified atom stereocenters. The maximum absolute atomic E-state index is 14.0. The monoisotopic (exact) mass is 392 g/mol. The molecule has 9 heteroatoms. The van der Waals surface area contributed by atoms with E-state index >= 15 is 0 Å². The molecule has 0 spiro atoms. The number of hydrogen-bond acceptors (Lipinski definition) is 5. The lowest BCUT2D eigenvalue weighted by molar-refractivity contribution is 0.0947. The smallest absolute Gasteiger partial charge is 0.256 e. The number of hydrogen-bond donors (Lipinski definition) is 1. The Kier molecular flexibility index (Phi) is 5.46. The van der Waals surface area contributed by atoms with Crippen molar-refractivity contribution in [3.05, 3.63) is 53.0 Å². The second kappa shape index (κ2) is 7.79. The molecule has 1 N–H and O–H groups in total. The lowest BCUT2D eigenvalue weighted by Crippen LogP contribution is -2.28. The zero-order chi connectivity index (χ0) is 19.6. The molecule has 0 fully saturated rings. The Labute approximate surface area is 160 Å². The summed E-state index contributed by atoms with van der Waals surface area (Å²) in [6, 6.07) is 2.69. The van der Waals surface area contributed by atoms with Crippen molar-refractivity contribution in [2.75, 3.05) is 13.2 Å². The molecule has 1 aromatic heterocycles. The lowest BCUT2D eigenvalue weighted by atomic mass is 10.1. The van der Waals surface area contributed by atoms with E-state index in [4.69, 9.17) is 21.1 Å². The number of aromatic nitrogens is 2. The van der Waals surface area contributed by atoms with Crippen LogP contribution in [0.15, 0.2) is 36.0 Å². The molecule has 0 saturated heterocycles. The highest BCUT2D eigenvalue weighted by Crippen LogP contribution is 2.36. The van der Waals surface area contributed by atoms with Crippen LogP contribution in [0.3, 0.4) is 0 Å². The van der Waals surface area contributed by atoms with Crippen molar-refractivity contribution >= 4 is 29.2 Å². The van der Waals surface area contributed by atoms with Crippen LogP contribution < -0.4 is 10.1 Å². The van der Waals surface area contributed by atoms with Gasteiger partial charge in [0, 0.05) is 7.05 Å². The van der Waals surface area contributed by atoms with E-state index in [1.807, 2.05) is 0 Å². The van der Waals surface area contributed by atoms with E-state index in [9.17, 15) is 9.18 Å². The van der Waals surface area contributed by atoms with Gasteiger partial charge in [-0.05, 0) is 25.1 Å². The van der Waals surface area contributed by atoms with Crippen LogP contribution in [-0.4, -0.2) is 34.7 Å². The summed E-state index contributed by atoms with van der Waals surface area (Å²) in [4.78, 5) is 16.7. The fourth-order valence-corrected chi connectivity index (χ4v) is 2.97. The fourth-order valence-electron chi connectivity index (χ4n) is 2.66. The van der Waals surface area contributed by atoms with Gasteiger partial charge in [0.25, 0.3) is 5.91 Å². The number of halogens is 2. The van der Waals surface area contributed by atoms with Gasteiger partial charge < -0.3 is 14.8 Å². The molecule has 1 aromatic carbocycles. The van der Waals surface area contributed by atoms with Crippen molar-refractivity contribution in [1.29, 1.82) is 0 Å². The van der Waals surface area contributed by atoms with Gasteiger partial charge in [-0.15, -0.1) is 0 Å². The largest absolute Gasteiger partial charge is 0.491 e. The molecule has 0 saturated carbocycles. The minimum Gasteiger partial charge on any atom is -0.491 e. The van der Waals surface area contributed by atoms with E-state index in [1.54, 1.807) is 14.0 Å². The highest BCUT2D eigenvalue weighted by molar-refractivity contribution is 6.31. The van der Waals surface area contributed by atoms with Gasteiger partial charge in [0.15, 0.2) is 5.82 Å². The number of fused-ring (bicyclic) bond motifs is 2. The van der Waals surface area contributed by atoms with E-state index in [1.165, 1.54) is 29.1 Å². The molecule has 1 aliphatic rings. The molecule has 2 heterocycles. The average Bonchev–Trinajstić information content (AvgIpc) is 3.00. The van der Waals surface area contributed by atoms with Gasteiger partial charge >= 0.3 is 0 Å². The summed E-state index contributed by atoms with van der Waals surface area (Å²) in [5.74, 6) is -0.132. The van der Waals surface area contributed by atoms with E-state index in [0.717, 1.165) is 0 Å². The Morgan fingerprint density at radius 2 is 2.26 bits per heavy atom. The third-order valence-corrected chi connectivity index (χ3v) is 4.37. The van der Waals surface area contributed by atoms with Crippen molar-refractivity contribution in [3.63, 3.8) is 0 Å². The van der Waals surface area contributed by atoms with Crippen molar-refractivity contribution in [1.82, 2.24) is 15.1 Å². The predicted molar refractivity (Wildman–Crippen MR) is 99.2 cm³/mol. The number of aliphatic imine (C=N–C) groups is 1. The molecule has 0 radical (unpaired) electrons. The first-order chi connectivity index (χ1) is 12.9. The maximum Gasteiger partial charge on any atom is 0.256 e. The normalized spacial score (nSPS) is 17.6. The first kappa shape index (κ1) is 18.9. The second-order valence-corrected chi connectivity index (χ2v) is 6.18. The molecular formula is C18H18ClFN4O3. The number of ether oxygens (including phenoxy) is 2. The van der Waals surface area contributed by atoms with Gasteiger partial charge in [-0.25, -0.2) is 4.39 Å². The molecule has 142 valence electrons. The van der Waals surface area contributed by atoms with Gasteiger partial charge in [0.05, 0.1) is 23.3 Å². The number of nitrogens with zero attached hydrogens (tertiary/aromatic N) is 3. The lowest BCUT2D eigenvalue weighted by Gasteiger charge is -2.20. The van der Waals surface area contributed by atoms with Crippen LogP contribution in [-0.2, 0) is 11.8 Å². The quantitative estimate of drug-likeness (QED) is 0.807. The average molecular weight is 393 g/mol. The Hall–Kier alpha value is -2.87. The summed E-state index contributed by atoms with van der Waals surface area (Å²) >= 11 is 6.15. The third-order valence-electron chi connectivity index (χ3n) is 3.98. The summed E-state index contributed by atoms with van der Waals surface area (Å²) in [5, 5.41) is 6.70. The summed E-state index contributed by atoms with van der Waals surface area (Å²) in [7, 11) is 1.66. The van der Waals surface area contributed by atoms with Crippen molar-refractivity contribution < 1.29 is 18.7 Å². The van der Waals surface area contributed by atoms with Crippen molar-refractivity contribution in [2.24, 2.45) is 12.0 Å². The van der Waals surface area contributed by atoms with Crippen LogP contribution in [0.25, 0.3) is 0 Å². The summed E-state index contributed by atoms with van der Waals surface area (Å²) in [5.41, 5.74) is 0.635. The Morgan fingerprint density at radius 1 is 1.48 bits per heavy atom. The molecule has 2 aromatic rings. The Balaban J connectivity index is 2.09. The second-order valence-electron chi connectivity index (χ2n) is 5.80.